The Hall–Kier alpha value is -1.26. The van der Waals surface area contributed by atoms with Gasteiger partial charge in [0.05, 0.1) is 12.2 Å². The first kappa shape index (κ1) is 14.8. The highest BCUT2D eigenvalue weighted by atomic mass is 35.5. The summed E-state index contributed by atoms with van der Waals surface area (Å²) in [6.07, 6.45) is 1.20. The number of esters is 1. The molecule has 18 heavy (non-hydrogen) atoms. The van der Waals surface area contributed by atoms with Crippen LogP contribution in [-0.4, -0.2) is 31.8 Å². The van der Waals surface area contributed by atoms with Crippen LogP contribution in [0, 0.1) is 0 Å². The Morgan fingerprint density at radius 1 is 1.50 bits per heavy atom. The molecule has 1 heterocycles. The van der Waals surface area contributed by atoms with Crippen LogP contribution in [0.4, 0.5) is 0 Å². The van der Waals surface area contributed by atoms with Crippen molar-refractivity contribution in [3.63, 3.8) is 0 Å². The van der Waals surface area contributed by atoms with Crippen LogP contribution in [0.5, 0.6) is 5.75 Å². The van der Waals surface area contributed by atoms with E-state index in [-0.39, 0.29) is 24.5 Å². The van der Waals surface area contributed by atoms with Crippen molar-refractivity contribution >= 4 is 18.4 Å². The van der Waals surface area contributed by atoms with E-state index in [0.717, 1.165) is 25.3 Å². The van der Waals surface area contributed by atoms with Crippen LogP contribution in [-0.2, 0) is 4.74 Å². The lowest BCUT2D eigenvalue weighted by Crippen LogP contribution is -2.19. The number of carbonyl (C=O) groups excluding carboxylic acids is 1. The summed E-state index contributed by atoms with van der Waals surface area (Å²) in [4.78, 5) is 11.5. The monoisotopic (exact) mass is 271 g/mol. The van der Waals surface area contributed by atoms with E-state index in [1.807, 2.05) is 12.1 Å². The van der Waals surface area contributed by atoms with E-state index >= 15 is 0 Å². The van der Waals surface area contributed by atoms with Gasteiger partial charge in [0, 0.05) is 6.54 Å². The van der Waals surface area contributed by atoms with Crippen LogP contribution in [0.25, 0.3) is 0 Å². The topological polar surface area (TPSA) is 47.6 Å². The van der Waals surface area contributed by atoms with Crippen LogP contribution in [0.3, 0.4) is 0 Å². The van der Waals surface area contributed by atoms with E-state index in [2.05, 4.69) is 5.32 Å². The molecule has 1 fully saturated rings. The van der Waals surface area contributed by atoms with Gasteiger partial charge in [0.1, 0.15) is 11.9 Å². The van der Waals surface area contributed by atoms with Gasteiger partial charge in [-0.3, -0.25) is 0 Å². The number of nitrogens with one attached hydrogen (secondary N) is 1. The van der Waals surface area contributed by atoms with E-state index in [1.165, 1.54) is 0 Å². The van der Waals surface area contributed by atoms with Gasteiger partial charge in [-0.25, -0.2) is 4.79 Å². The summed E-state index contributed by atoms with van der Waals surface area (Å²) in [5.74, 6) is 0.423. The highest BCUT2D eigenvalue weighted by molar-refractivity contribution is 5.89. The third-order valence-electron chi connectivity index (χ3n) is 2.66. The Balaban J connectivity index is 0.00000162. The molecule has 0 bridgehead atoms. The maximum Gasteiger partial charge on any atom is 0.338 e. The SMILES string of the molecule is CCOC(=O)c1cccc(OC2CCNC2)c1.Cl. The minimum Gasteiger partial charge on any atom is -0.489 e. The number of rotatable bonds is 4. The normalized spacial score (nSPS) is 17.9. The van der Waals surface area contributed by atoms with Crippen LogP contribution in [0.2, 0.25) is 0 Å². The Labute approximate surface area is 113 Å². The second kappa shape index (κ2) is 7.24. The molecule has 1 aromatic rings. The second-order valence-electron chi connectivity index (χ2n) is 3.98. The molecule has 1 atom stereocenters. The molecule has 0 radical (unpaired) electrons. The van der Waals surface area contributed by atoms with Gasteiger partial charge in [-0.1, -0.05) is 6.07 Å². The molecular formula is C13H18ClNO3. The minimum atomic E-state index is -0.303. The molecule has 1 aliphatic rings. The molecule has 0 aliphatic carbocycles. The molecule has 0 aromatic heterocycles. The van der Waals surface area contributed by atoms with Crippen molar-refractivity contribution in [3.05, 3.63) is 29.8 Å². The first-order valence-electron chi connectivity index (χ1n) is 5.94. The summed E-state index contributed by atoms with van der Waals surface area (Å²) < 4.78 is 10.7. The second-order valence-corrected chi connectivity index (χ2v) is 3.98. The zero-order valence-corrected chi connectivity index (χ0v) is 11.2. The van der Waals surface area contributed by atoms with Crippen molar-refractivity contribution in [3.8, 4) is 5.75 Å². The van der Waals surface area contributed by atoms with Crippen molar-refractivity contribution in [2.24, 2.45) is 0 Å². The fraction of sp³-hybridized carbons (Fsp3) is 0.462. The quantitative estimate of drug-likeness (QED) is 0.852. The number of hydrogen-bond donors (Lipinski definition) is 1. The average Bonchev–Trinajstić information content (AvgIpc) is 2.82. The molecule has 1 aromatic carbocycles. The Morgan fingerprint density at radius 3 is 3.00 bits per heavy atom. The smallest absolute Gasteiger partial charge is 0.338 e. The van der Waals surface area contributed by atoms with Gasteiger partial charge in [-0.15, -0.1) is 12.4 Å². The third-order valence-corrected chi connectivity index (χ3v) is 2.66. The van der Waals surface area contributed by atoms with Gasteiger partial charge >= 0.3 is 5.97 Å². The number of halogens is 1. The summed E-state index contributed by atoms with van der Waals surface area (Å²) >= 11 is 0. The molecule has 4 nitrogen and oxygen atoms in total. The summed E-state index contributed by atoms with van der Waals surface area (Å²) in [6, 6.07) is 7.14. The average molecular weight is 272 g/mol. The fourth-order valence-electron chi connectivity index (χ4n) is 1.83. The van der Waals surface area contributed by atoms with Gasteiger partial charge in [0.2, 0.25) is 0 Å². The summed E-state index contributed by atoms with van der Waals surface area (Å²) in [7, 11) is 0. The van der Waals surface area contributed by atoms with E-state index in [4.69, 9.17) is 9.47 Å². The standard InChI is InChI=1S/C13H17NO3.ClH/c1-2-16-13(15)10-4-3-5-11(8-10)17-12-6-7-14-9-12;/h3-5,8,12,14H,2,6-7,9H2,1H3;1H. The summed E-state index contributed by atoms with van der Waals surface area (Å²) in [5, 5.41) is 3.23. The number of ether oxygens (including phenoxy) is 2. The lowest BCUT2D eigenvalue weighted by atomic mass is 10.2. The predicted octanol–water partition coefficient (Wildman–Crippen LogP) is 2.03. The van der Waals surface area contributed by atoms with Crippen molar-refractivity contribution in [2.45, 2.75) is 19.4 Å². The Morgan fingerprint density at radius 2 is 2.33 bits per heavy atom. The molecular weight excluding hydrogens is 254 g/mol. The summed E-state index contributed by atoms with van der Waals surface area (Å²) in [5.41, 5.74) is 0.537. The van der Waals surface area contributed by atoms with E-state index in [9.17, 15) is 4.79 Å². The molecule has 100 valence electrons. The Bertz CT molecular complexity index is 392. The zero-order chi connectivity index (χ0) is 12.1. The molecule has 1 aliphatic heterocycles. The molecule has 0 amide bonds. The van der Waals surface area contributed by atoms with E-state index in [1.54, 1.807) is 19.1 Å². The number of carbonyl (C=O) groups is 1. The zero-order valence-electron chi connectivity index (χ0n) is 10.3. The predicted molar refractivity (Wildman–Crippen MR) is 71.5 cm³/mol. The molecule has 1 N–H and O–H groups in total. The molecule has 5 heteroatoms. The molecule has 1 unspecified atom stereocenters. The van der Waals surface area contributed by atoms with Crippen molar-refractivity contribution in [2.75, 3.05) is 19.7 Å². The Kier molecular flexibility index (Phi) is 5.95. The van der Waals surface area contributed by atoms with Crippen LogP contribution in [0.15, 0.2) is 24.3 Å². The van der Waals surface area contributed by atoms with Crippen molar-refractivity contribution in [1.29, 1.82) is 0 Å². The highest BCUT2D eigenvalue weighted by Crippen LogP contribution is 2.17. The first-order chi connectivity index (χ1) is 8.29. The lowest BCUT2D eigenvalue weighted by Gasteiger charge is -2.12. The maximum atomic E-state index is 11.5. The van der Waals surface area contributed by atoms with Gasteiger partial charge in [-0.2, -0.15) is 0 Å². The van der Waals surface area contributed by atoms with E-state index in [0.29, 0.717) is 12.2 Å². The van der Waals surface area contributed by atoms with Gasteiger partial charge in [0.25, 0.3) is 0 Å². The lowest BCUT2D eigenvalue weighted by molar-refractivity contribution is 0.0525. The molecule has 1 saturated heterocycles. The molecule has 0 spiro atoms. The van der Waals surface area contributed by atoms with Gasteiger partial charge in [-0.05, 0) is 38.1 Å². The number of hydrogen-bond acceptors (Lipinski definition) is 4. The van der Waals surface area contributed by atoms with Crippen LogP contribution < -0.4 is 10.1 Å². The first-order valence-corrected chi connectivity index (χ1v) is 5.94. The highest BCUT2D eigenvalue weighted by Gasteiger charge is 2.16. The van der Waals surface area contributed by atoms with Crippen molar-refractivity contribution < 1.29 is 14.3 Å². The van der Waals surface area contributed by atoms with Crippen LogP contribution in [0.1, 0.15) is 23.7 Å². The third kappa shape index (κ3) is 3.89. The van der Waals surface area contributed by atoms with Gasteiger partial charge < -0.3 is 14.8 Å². The van der Waals surface area contributed by atoms with E-state index < -0.39 is 0 Å². The van der Waals surface area contributed by atoms with Gasteiger partial charge in [0.15, 0.2) is 0 Å². The largest absolute Gasteiger partial charge is 0.489 e. The van der Waals surface area contributed by atoms with Crippen LogP contribution >= 0.6 is 12.4 Å². The fourth-order valence-corrected chi connectivity index (χ4v) is 1.83. The number of benzene rings is 1. The molecule has 2 rings (SSSR count). The molecule has 0 saturated carbocycles. The summed E-state index contributed by atoms with van der Waals surface area (Å²) in [6.45, 7) is 4.03. The maximum absolute atomic E-state index is 11.5. The van der Waals surface area contributed by atoms with Crippen molar-refractivity contribution in [1.82, 2.24) is 5.32 Å². The minimum absolute atomic E-state index is 0.